The van der Waals surface area contributed by atoms with Crippen LogP contribution >= 0.6 is 0 Å². The number of hydrogen-bond acceptors (Lipinski definition) is 2. The van der Waals surface area contributed by atoms with Gasteiger partial charge in [-0.05, 0) is 6.54 Å². The van der Waals surface area contributed by atoms with Crippen molar-refractivity contribution in [2.75, 3.05) is 6.54 Å². The molecule has 2 N–H and O–H groups in total. The molecular weight excluding hydrogens is 258 g/mol. The molecule has 0 radical (unpaired) electrons. The van der Waals surface area contributed by atoms with Gasteiger partial charge in [0.2, 0.25) is 0 Å². The van der Waals surface area contributed by atoms with Crippen molar-refractivity contribution in [3.63, 3.8) is 0 Å². The quantitative estimate of drug-likeness (QED) is 0.661. The van der Waals surface area contributed by atoms with E-state index in [1.54, 1.807) is 0 Å². The molecule has 0 aromatic heterocycles. The third-order valence-electron chi connectivity index (χ3n) is 1.89. The smallest absolute Gasteiger partial charge is 0.480 e. The summed E-state index contributed by atoms with van der Waals surface area (Å²) in [7, 11) is 0. The molecule has 0 fully saturated rings. The Bertz CT molecular complexity index is 351. The Hall–Kier alpha value is -1.35. The van der Waals surface area contributed by atoms with E-state index in [0.717, 1.165) is 5.56 Å². The topological polar surface area (TPSA) is 49.3 Å². The van der Waals surface area contributed by atoms with Crippen LogP contribution in [0, 0.1) is 0 Å². The maximum atomic E-state index is 10.1. The van der Waals surface area contributed by atoms with Gasteiger partial charge in [0, 0.05) is 0 Å². The van der Waals surface area contributed by atoms with E-state index in [9.17, 15) is 4.79 Å². The maximum absolute atomic E-state index is 10.1. The average molecular weight is 273 g/mol. The minimum atomic E-state index is -0.823. The van der Waals surface area contributed by atoms with Crippen molar-refractivity contribution in [3.8, 4) is 0 Å². The Morgan fingerprint density at radius 1 is 1.18 bits per heavy atom. The molecule has 0 aliphatic heterocycles. The minimum absolute atomic E-state index is 0. The Morgan fingerprint density at radius 3 is 2.18 bits per heavy atom. The zero-order valence-electron chi connectivity index (χ0n) is 9.32. The number of aliphatic carboxylic acids is 1. The first kappa shape index (κ1) is 15.6. The number of rotatable bonds is 4. The van der Waals surface area contributed by atoms with E-state index in [2.05, 4.69) is 5.32 Å². The third kappa shape index (κ3) is 8.46. The first-order valence-corrected chi connectivity index (χ1v) is 5.09. The van der Waals surface area contributed by atoms with Gasteiger partial charge in [0.05, 0.1) is 6.54 Å². The molecule has 2 aromatic rings. The van der Waals surface area contributed by atoms with E-state index in [4.69, 9.17) is 5.11 Å². The second kappa shape index (κ2) is 9.85. The van der Waals surface area contributed by atoms with Gasteiger partial charge in [0.25, 0.3) is 0 Å². The van der Waals surface area contributed by atoms with Crippen LogP contribution in [0.5, 0.6) is 0 Å². The van der Waals surface area contributed by atoms with Crippen molar-refractivity contribution in [2.45, 2.75) is 6.54 Å². The van der Waals surface area contributed by atoms with Gasteiger partial charge in [-0.2, -0.15) is 30.3 Å². The maximum Gasteiger partial charge on any atom is 2.00 e. The van der Waals surface area contributed by atoms with E-state index in [0.29, 0.717) is 6.54 Å². The number of hydrogen-bond donors (Lipinski definition) is 2. The van der Waals surface area contributed by atoms with Gasteiger partial charge in [-0.15, -0.1) is 5.56 Å². The summed E-state index contributed by atoms with van der Waals surface area (Å²) in [5, 5.41) is 11.1. The number of carboxylic acids is 1. The van der Waals surface area contributed by atoms with Crippen molar-refractivity contribution < 1.29 is 27.0 Å². The van der Waals surface area contributed by atoms with Crippen LogP contribution in [0.4, 0.5) is 0 Å². The molecule has 0 saturated carbocycles. The zero-order valence-corrected chi connectivity index (χ0v) is 10.4. The summed E-state index contributed by atoms with van der Waals surface area (Å²) >= 11 is 0. The molecule has 3 nitrogen and oxygen atoms in total. The monoisotopic (exact) mass is 273 g/mol. The SMILES string of the molecule is O=C(O)CNC[c-]1cccc1.[Fe+2].c1cc[cH-]c1. The normalized spacial score (nSPS) is 8.71. The molecule has 4 heteroatoms. The van der Waals surface area contributed by atoms with E-state index >= 15 is 0 Å². The van der Waals surface area contributed by atoms with Crippen LogP contribution in [0.1, 0.15) is 5.56 Å². The summed E-state index contributed by atoms with van der Waals surface area (Å²) in [6.45, 7) is 0.643. The largest absolute Gasteiger partial charge is 2.00 e. The Labute approximate surface area is 112 Å². The fraction of sp³-hybridized carbons (Fsp3) is 0.154. The summed E-state index contributed by atoms with van der Waals surface area (Å²) in [5.74, 6) is -0.823. The van der Waals surface area contributed by atoms with E-state index in [-0.39, 0.29) is 23.6 Å². The van der Waals surface area contributed by atoms with Gasteiger partial charge in [-0.25, -0.2) is 24.3 Å². The first-order valence-electron chi connectivity index (χ1n) is 5.09. The fourth-order valence-corrected chi connectivity index (χ4v) is 1.17. The molecule has 0 aliphatic carbocycles. The predicted octanol–water partition coefficient (Wildman–Crippen LogP) is 1.98. The van der Waals surface area contributed by atoms with E-state index in [1.165, 1.54) is 0 Å². The van der Waals surface area contributed by atoms with Crippen LogP contribution in [0.15, 0.2) is 54.6 Å². The van der Waals surface area contributed by atoms with Crippen LogP contribution in [-0.2, 0) is 28.4 Å². The standard InChI is InChI=1S/C8H10NO2.C5H5.Fe/c10-8(11)6-9-5-7-3-1-2-4-7;1-2-4-5-3-1;/h1-4,9H,5-6H2,(H,10,11);1-5H;/q2*-1;+2. The van der Waals surface area contributed by atoms with E-state index in [1.807, 2.05) is 54.6 Å². The summed E-state index contributed by atoms with van der Waals surface area (Å²) in [6.07, 6.45) is 0. The van der Waals surface area contributed by atoms with Gasteiger partial charge in [0.1, 0.15) is 0 Å². The molecule has 0 heterocycles. The van der Waals surface area contributed by atoms with Crippen molar-refractivity contribution in [2.24, 2.45) is 0 Å². The van der Waals surface area contributed by atoms with Gasteiger partial charge < -0.3 is 10.4 Å². The number of nitrogens with one attached hydrogen (secondary N) is 1. The molecule has 92 valence electrons. The van der Waals surface area contributed by atoms with Gasteiger partial charge in [0.15, 0.2) is 0 Å². The van der Waals surface area contributed by atoms with Crippen molar-refractivity contribution >= 4 is 5.97 Å². The van der Waals surface area contributed by atoms with Crippen LogP contribution in [-0.4, -0.2) is 17.6 Å². The molecular formula is C13H15FeNO2. The summed E-state index contributed by atoms with van der Waals surface area (Å²) < 4.78 is 0. The molecule has 0 spiro atoms. The molecule has 2 aromatic carbocycles. The summed E-state index contributed by atoms with van der Waals surface area (Å²) in [6, 6.07) is 17.8. The second-order valence-corrected chi connectivity index (χ2v) is 3.25. The van der Waals surface area contributed by atoms with Crippen molar-refractivity contribution in [3.05, 3.63) is 60.2 Å². The molecule has 0 saturated heterocycles. The van der Waals surface area contributed by atoms with Crippen LogP contribution in [0.25, 0.3) is 0 Å². The van der Waals surface area contributed by atoms with Crippen LogP contribution in [0.3, 0.4) is 0 Å². The van der Waals surface area contributed by atoms with E-state index < -0.39 is 5.97 Å². The molecule has 0 unspecified atom stereocenters. The average Bonchev–Trinajstić information content (AvgIpc) is 2.93. The number of carbonyl (C=O) groups is 1. The molecule has 0 bridgehead atoms. The molecule has 2 rings (SSSR count). The van der Waals surface area contributed by atoms with Gasteiger partial charge >= 0.3 is 23.0 Å². The zero-order chi connectivity index (χ0) is 11.6. The van der Waals surface area contributed by atoms with Crippen molar-refractivity contribution in [1.82, 2.24) is 5.32 Å². The van der Waals surface area contributed by atoms with Crippen molar-refractivity contribution in [1.29, 1.82) is 0 Å². The Morgan fingerprint density at radius 2 is 1.76 bits per heavy atom. The molecule has 17 heavy (non-hydrogen) atoms. The fourth-order valence-electron chi connectivity index (χ4n) is 1.17. The molecule has 0 atom stereocenters. The molecule has 0 aliphatic rings. The Kier molecular flexibility index (Phi) is 9.06. The Balaban J connectivity index is 0.000000360. The summed E-state index contributed by atoms with van der Waals surface area (Å²) in [4.78, 5) is 10.1. The number of carboxylic acid groups (broad SMARTS) is 1. The minimum Gasteiger partial charge on any atom is -0.480 e. The van der Waals surface area contributed by atoms with Gasteiger partial charge in [-0.1, -0.05) is 0 Å². The second-order valence-electron chi connectivity index (χ2n) is 3.25. The predicted molar refractivity (Wildman–Crippen MR) is 63.4 cm³/mol. The first-order chi connectivity index (χ1) is 7.79. The van der Waals surface area contributed by atoms with Gasteiger partial charge in [-0.3, -0.25) is 4.79 Å². The summed E-state index contributed by atoms with van der Waals surface area (Å²) in [5.41, 5.74) is 1.12. The van der Waals surface area contributed by atoms with Crippen LogP contribution < -0.4 is 5.32 Å². The molecule has 0 amide bonds. The third-order valence-corrected chi connectivity index (χ3v) is 1.89. The van der Waals surface area contributed by atoms with Crippen LogP contribution in [0.2, 0.25) is 0 Å².